The fourth-order valence-electron chi connectivity index (χ4n) is 4.53. The van der Waals surface area contributed by atoms with Crippen LogP contribution in [0.2, 0.25) is 0 Å². The lowest BCUT2D eigenvalue weighted by Gasteiger charge is -2.31. The van der Waals surface area contributed by atoms with Crippen LogP contribution in [0.5, 0.6) is 17.2 Å². The molecule has 37 heavy (non-hydrogen) atoms. The summed E-state index contributed by atoms with van der Waals surface area (Å²) in [6, 6.07) is 17.7. The van der Waals surface area contributed by atoms with Crippen molar-refractivity contribution in [3.63, 3.8) is 0 Å². The first-order valence-corrected chi connectivity index (χ1v) is 11.4. The van der Waals surface area contributed by atoms with Crippen molar-refractivity contribution in [3.8, 4) is 17.2 Å². The quantitative estimate of drug-likeness (QED) is 0.377. The summed E-state index contributed by atoms with van der Waals surface area (Å²) in [6.45, 7) is 0.225. The summed E-state index contributed by atoms with van der Waals surface area (Å²) >= 11 is 0. The number of methoxy groups -OCH3 is 2. The standard InChI is InChI=1S/C27H23N3O7/c1-35-20-9-6-17-14-30(23(31)22(17)13-20)15-27(25(33)28-26(34)29-27)18-7-10-19(11-8-18)37-21-5-3-4-16(12-21)24(32)36-2/h3-13H,14-15H2,1-2H3,(H2,28,29,33,34)/t27-/m0/s1. The van der Waals surface area contributed by atoms with Crippen molar-refractivity contribution < 1.29 is 33.4 Å². The van der Waals surface area contributed by atoms with Crippen LogP contribution in [0.4, 0.5) is 4.79 Å². The van der Waals surface area contributed by atoms with E-state index in [1.807, 2.05) is 6.07 Å². The number of rotatable bonds is 7. The molecule has 3 aromatic rings. The van der Waals surface area contributed by atoms with E-state index in [1.54, 1.807) is 60.7 Å². The summed E-state index contributed by atoms with van der Waals surface area (Å²) < 4.78 is 15.8. The van der Waals surface area contributed by atoms with Crippen LogP contribution in [-0.4, -0.2) is 49.5 Å². The third kappa shape index (κ3) is 4.33. The van der Waals surface area contributed by atoms with Crippen molar-refractivity contribution in [2.75, 3.05) is 20.8 Å². The van der Waals surface area contributed by atoms with E-state index in [1.165, 1.54) is 19.1 Å². The Morgan fingerprint density at radius 1 is 0.946 bits per heavy atom. The fourth-order valence-corrected chi connectivity index (χ4v) is 4.53. The lowest BCUT2D eigenvalue weighted by molar-refractivity contribution is -0.124. The zero-order valence-corrected chi connectivity index (χ0v) is 20.1. The minimum Gasteiger partial charge on any atom is -0.497 e. The maximum absolute atomic E-state index is 13.1. The molecule has 0 radical (unpaired) electrons. The van der Waals surface area contributed by atoms with Crippen LogP contribution in [0.15, 0.2) is 66.7 Å². The highest BCUT2D eigenvalue weighted by Crippen LogP contribution is 2.33. The van der Waals surface area contributed by atoms with Crippen LogP contribution in [0.1, 0.15) is 31.8 Å². The maximum atomic E-state index is 13.1. The molecule has 5 rings (SSSR count). The van der Waals surface area contributed by atoms with E-state index in [4.69, 9.17) is 14.2 Å². The molecule has 2 heterocycles. The monoisotopic (exact) mass is 501 g/mol. The van der Waals surface area contributed by atoms with Crippen LogP contribution in [0.3, 0.4) is 0 Å². The fraction of sp³-hybridized carbons (Fsp3) is 0.185. The first-order chi connectivity index (χ1) is 17.8. The van der Waals surface area contributed by atoms with Gasteiger partial charge in [0, 0.05) is 12.1 Å². The van der Waals surface area contributed by atoms with Crippen molar-refractivity contribution in [2.24, 2.45) is 0 Å². The lowest BCUT2D eigenvalue weighted by Crippen LogP contribution is -2.52. The normalized spacial score (nSPS) is 18.2. The molecule has 10 nitrogen and oxygen atoms in total. The van der Waals surface area contributed by atoms with Gasteiger partial charge in [-0.1, -0.05) is 24.3 Å². The number of amides is 4. The molecule has 0 aromatic heterocycles. The van der Waals surface area contributed by atoms with Crippen LogP contribution in [0, 0.1) is 0 Å². The highest BCUT2D eigenvalue weighted by atomic mass is 16.5. The molecule has 0 unspecified atom stereocenters. The van der Waals surface area contributed by atoms with E-state index in [2.05, 4.69) is 10.6 Å². The van der Waals surface area contributed by atoms with Gasteiger partial charge in [0.05, 0.1) is 26.3 Å². The number of fused-ring (bicyclic) bond motifs is 1. The molecule has 1 saturated heterocycles. The molecule has 1 fully saturated rings. The van der Waals surface area contributed by atoms with Crippen molar-refractivity contribution in [1.82, 2.24) is 15.5 Å². The van der Waals surface area contributed by atoms with E-state index in [0.29, 0.717) is 40.5 Å². The number of esters is 1. The molecular formula is C27H23N3O7. The van der Waals surface area contributed by atoms with E-state index in [0.717, 1.165) is 5.56 Å². The van der Waals surface area contributed by atoms with Crippen LogP contribution in [0.25, 0.3) is 0 Å². The number of hydrogen-bond donors (Lipinski definition) is 2. The molecule has 4 amide bonds. The molecule has 188 valence electrons. The van der Waals surface area contributed by atoms with Gasteiger partial charge >= 0.3 is 12.0 Å². The zero-order valence-electron chi connectivity index (χ0n) is 20.1. The van der Waals surface area contributed by atoms with E-state index < -0.39 is 23.4 Å². The Hall–Kier alpha value is -4.86. The van der Waals surface area contributed by atoms with E-state index in [9.17, 15) is 19.2 Å². The number of carbonyl (C=O) groups excluding carboxylic acids is 4. The molecule has 0 spiro atoms. The van der Waals surface area contributed by atoms with Gasteiger partial charge in [-0.15, -0.1) is 0 Å². The summed E-state index contributed by atoms with van der Waals surface area (Å²) in [5.74, 6) is 0.132. The second-order valence-electron chi connectivity index (χ2n) is 8.64. The Bertz CT molecular complexity index is 1420. The van der Waals surface area contributed by atoms with Crippen molar-refractivity contribution in [1.29, 1.82) is 0 Å². The van der Waals surface area contributed by atoms with Gasteiger partial charge in [0.1, 0.15) is 17.2 Å². The topological polar surface area (TPSA) is 123 Å². The van der Waals surface area contributed by atoms with Crippen LogP contribution in [-0.2, 0) is 21.6 Å². The van der Waals surface area contributed by atoms with E-state index in [-0.39, 0.29) is 12.5 Å². The second-order valence-corrected chi connectivity index (χ2v) is 8.64. The summed E-state index contributed by atoms with van der Waals surface area (Å²) in [4.78, 5) is 51.7. The van der Waals surface area contributed by atoms with Crippen molar-refractivity contribution in [3.05, 3.63) is 89.0 Å². The van der Waals surface area contributed by atoms with Crippen LogP contribution >= 0.6 is 0 Å². The first kappa shape index (κ1) is 23.9. The number of ether oxygens (including phenoxy) is 3. The lowest BCUT2D eigenvalue weighted by atomic mass is 9.89. The summed E-state index contributed by atoms with van der Waals surface area (Å²) in [5.41, 5.74) is 0.644. The molecule has 0 aliphatic carbocycles. The Labute approximate surface area is 212 Å². The number of imide groups is 1. The Kier molecular flexibility index (Phi) is 6.00. The number of carbonyl (C=O) groups is 4. The number of nitrogens with zero attached hydrogens (tertiary/aromatic N) is 1. The molecular weight excluding hydrogens is 478 g/mol. The molecule has 0 bridgehead atoms. The highest BCUT2D eigenvalue weighted by Gasteiger charge is 2.50. The number of benzene rings is 3. The summed E-state index contributed by atoms with van der Waals surface area (Å²) in [7, 11) is 2.82. The minimum atomic E-state index is -1.48. The first-order valence-electron chi connectivity index (χ1n) is 11.4. The van der Waals surface area contributed by atoms with Crippen LogP contribution < -0.4 is 20.1 Å². The number of hydrogen-bond acceptors (Lipinski definition) is 7. The molecule has 3 aromatic carbocycles. The summed E-state index contributed by atoms with van der Waals surface area (Å²) in [6.07, 6.45) is 0. The van der Waals surface area contributed by atoms with Gasteiger partial charge in [-0.3, -0.25) is 14.9 Å². The molecule has 0 saturated carbocycles. The number of urea groups is 1. The van der Waals surface area contributed by atoms with Gasteiger partial charge in [-0.2, -0.15) is 0 Å². The average Bonchev–Trinajstić information content (AvgIpc) is 3.38. The highest BCUT2D eigenvalue weighted by molar-refractivity contribution is 6.08. The average molecular weight is 501 g/mol. The molecule has 2 aliphatic heterocycles. The van der Waals surface area contributed by atoms with Gasteiger partial charge in [-0.05, 0) is 53.6 Å². The Morgan fingerprint density at radius 2 is 1.70 bits per heavy atom. The van der Waals surface area contributed by atoms with Crippen molar-refractivity contribution in [2.45, 2.75) is 12.1 Å². The van der Waals surface area contributed by atoms with Gasteiger partial charge in [0.15, 0.2) is 5.54 Å². The smallest absolute Gasteiger partial charge is 0.337 e. The molecule has 2 aliphatic rings. The van der Waals surface area contributed by atoms with Gasteiger partial charge in [0.25, 0.3) is 11.8 Å². The third-order valence-electron chi connectivity index (χ3n) is 6.40. The maximum Gasteiger partial charge on any atom is 0.337 e. The molecule has 1 atom stereocenters. The Balaban J connectivity index is 1.40. The predicted octanol–water partition coefficient (Wildman–Crippen LogP) is 2.96. The van der Waals surface area contributed by atoms with Gasteiger partial charge in [-0.25, -0.2) is 9.59 Å². The SMILES string of the molecule is COC(=O)c1cccc(Oc2ccc([C@]3(CN4Cc5ccc(OC)cc5C4=O)NC(=O)NC3=O)cc2)c1. The molecule has 10 heteroatoms. The van der Waals surface area contributed by atoms with E-state index >= 15 is 0 Å². The van der Waals surface area contributed by atoms with Crippen molar-refractivity contribution >= 4 is 23.8 Å². The molecule has 2 N–H and O–H groups in total. The largest absolute Gasteiger partial charge is 0.497 e. The second kappa shape index (κ2) is 9.30. The van der Waals surface area contributed by atoms with Gasteiger partial charge in [0.2, 0.25) is 0 Å². The minimum absolute atomic E-state index is 0.0677. The van der Waals surface area contributed by atoms with Gasteiger partial charge < -0.3 is 24.4 Å². The summed E-state index contributed by atoms with van der Waals surface area (Å²) in [5, 5.41) is 5.00. The predicted molar refractivity (Wildman–Crippen MR) is 130 cm³/mol. The third-order valence-corrected chi connectivity index (χ3v) is 6.40. The zero-order chi connectivity index (χ0) is 26.2. The number of nitrogens with one attached hydrogen (secondary N) is 2. The Morgan fingerprint density at radius 3 is 2.38 bits per heavy atom.